The van der Waals surface area contributed by atoms with Crippen molar-refractivity contribution in [2.45, 2.75) is 90.9 Å². The minimum Gasteiger partial charge on any atom is -0.507 e. The predicted octanol–water partition coefficient (Wildman–Crippen LogP) is 5.94. The molecular formula is C24H40N2O5. The smallest absolute Gasteiger partial charge is 0.431 e. The van der Waals surface area contributed by atoms with E-state index in [1.807, 2.05) is 0 Å². The second kappa shape index (κ2) is 16.4. The van der Waals surface area contributed by atoms with Gasteiger partial charge in [0, 0.05) is 6.07 Å². The van der Waals surface area contributed by atoms with E-state index < -0.39 is 12.0 Å². The highest BCUT2D eigenvalue weighted by atomic mass is 16.6. The van der Waals surface area contributed by atoms with Crippen molar-refractivity contribution in [1.82, 2.24) is 5.01 Å². The first-order chi connectivity index (χ1) is 15.0. The van der Waals surface area contributed by atoms with Crippen molar-refractivity contribution in [1.29, 1.82) is 0 Å². The minimum absolute atomic E-state index is 0.0778. The lowest BCUT2D eigenvalue weighted by Crippen LogP contribution is -2.43. The van der Waals surface area contributed by atoms with Crippen molar-refractivity contribution in [3.05, 3.63) is 23.8 Å². The number of imide groups is 1. The molecule has 0 atom stereocenters. The Kier molecular flexibility index (Phi) is 14.2. The molecule has 176 valence electrons. The van der Waals surface area contributed by atoms with Crippen molar-refractivity contribution < 1.29 is 24.2 Å². The number of carbonyl (C=O) groups excluding carboxylic acids is 2. The molecule has 0 bridgehead atoms. The molecule has 0 unspecified atom stereocenters. The fourth-order valence-electron chi connectivity index (χ4n) is 3.18. The summed E-state index contributed by atoms with van der Waals surface area (Å²) in [5.41, 5.74) is -0.0778. The zero-order chi connectivity index (χ0) is 22.9. The van der Waals surface area contributed by atoms with Gasteiger partial charge < -0.3 is 14.6 Å². The molecule has 0 spiro atoms. The van der Waals surface area contributed by atoms with Crippen LogP contribution in [0.1, 0.15) is 101 Å². The van der Waals surface area contributed by atoms with E-state index in [0.29, 0.717) is 17.4 Å². The molecule has 1 aromatic rings. The number of ether oxygens (including phenoxy) is 2. The van der Waals surface area contributed by atoms with E-state index in [9.17, 15) is 14.7 Å². The monoisotopic (exact) mass is 436 g/mol. The van der Waals surface area contributed by atoms with E-state index in [1.54, 1.807) is 6.07 Å². The van der Waals surface area contributed by atoms with Gasteiger partial charge >= 0.3 is 6.09 Å². The molecule has 3 N–H and O–H groups in total. The number of nitrogens with two attached hydrogens (primary N) is 1. The molecule has 0 saturated carbocycles. The van der Waals surface area contributed by atoms with Gasteiger partial charge in [-0.15, -0.1) is 0 Å². The normalized spacial score (nSPS) is 10.7. The van der Waals surface area contributed by atoms with Crippen molar-refractivity contribution in [2.24, 2.45) is 5.84 Å². The Hall–Kier alpha value is -2.28. The van der Waals surface area contributed by atoms with E-state index in [4.69, 9.17) is 15.3 Å². The van der Waals surface area contributed by atoms with Gasteiger partial charge in [0.05, 0.1) is 18.8 Å². The van der Waals surface area contributed by atoms with E-state index in [-0.39, 0.29) is 17.9 Å². The lowest BCUT2D eigenvalue weighted by molar-refractivity contribution is 0.0653. The zero-order valence-electron chi connectivity index (χ0n) is 19.2. The molecule has 1 aromatic carbocycles. The quantitative estimate of drug-likeness (QED) is 0.144. The summed E-state index contributed by atoms with van der Waals surface area (Å²) in [6, 6.07) is 4.34. The van der Waals surface area contributed by atoms with Gasteiger partial charge in [-0.25, -0.2) is 10.6 Å². The molecule has 0 aliphatic rings. The zero-order valence-corrected chi connectivity index (χ0v) is 19.2. The van der Waals surface area contributed by atoms with Gasteiger partial charge in [0.1, 0.15) is 11.5 Å². The summed E-state index contributed by atoms with van der Waals surface area (Å²) in [5, 5.41) is 10.6. The number of nitrogens with zero attached hydrogens (tertiary/aromatic N) is 1. The number of carbonyl (C=O) groups is 2. The predicted molar refractivity (Wildman–Crippen MR) is 122 cm³/mol. The molecule has 0 saturated heterocycles. The SMILES string of the molecule is CCCCCCCCOC(=O)N(N)C(=O)c1ccc(OCCCCCCCC)cc1O. The van der Waals surface area contributed by atoms with E-state index in [0.717, 1.165) is 32.1 Å². The van der Waals surface area contributed by atoms with Crippen LogP contribution >= 0.6 is 0 Å². The first-order valence-electron chi connectivity index (χ1n) is 11.7. The molecule has 0 aliphatic heterocycles. The molecule has 2 amide bonds. The second-order valence-corrected chi connectivity index (χ2v) is 7.85. The van der Waals surface area contributed by atoms with Crippen molar-refractivity contribution >= 4 is 12.0 Å². The first-order valence-corrected chi connectivity index (χ1v) is 11.7. The van der Waals surface area contributed by atoms with Crippen molar-refractivity contribution in [3.8, 4) is 11.5 Å². The third-order valence-electron chi connectivity index (χ3n) is 5.11. The van der Waals surface area contributed by atoms with Gasteiger partial charge in [-0.1, -0.05) is 78.1 Å². The summed E-state index contributed by atoms with van der Waals surface area (Å²) in [4.78, 5) is 24.4. The standard InChI is InChI=1S/C24H40N2O5/c1-3-5-7-9-11-13-17-30-20-15-16-21(22(27)19-20)23(28)26(25)24(29)31-18-14-12-10-8-6-4-2/h15-16,19,27H,3-14,17-18,25H2,1-2H3. The average Bonchev–Trinajstić information content (AvgIpc) is 2.77. The Morgan fingerprint density at radius 1 is 0.871 bits per heavy atom. The van der Waals surface area contributed by atoms with Crippen LogP contribution in [-0.4, -0.2) is 35.3 Å². The number of rotatable bonds is 16. The molecule has 0 aromatic heterocycles. The van der Waals surface area contributed by atoms with E-state index in [1.165, 1.54) is 57.1 Å². The number of hydrogen-bond donors (Lipinski definition) is 2. The van der Waals surface area contributed by atoms with Crippen LogP contribution in [0.3, 0.4) is 0 Å². The molecule has 0 aliphatic carbocycles. The Labute approximate surface area is 186 Å². The number of phenolic OH excluding ortho intramolecular Hbond substituents is 1. The van der Waals surface area contributed by atoms with Crippen LogP contribution in [-0.2, 0) is 4.74 Å². The molecule has 7 heteroatoms. The van der Waals surface area contributed by atoms with E-state index in [2.05, 4.69) is 13.8 Å². The Morgan fingerprint density at radius 2 is 1.42 bits per heavy atom. The molecule has 0 heterocycles. The molecule has 7 nitrogen and oxygen atoms in total. The van der Waals surface area contributed by atoms with Gasteiger partial charge in [-0.2, -0.15) is 5.01 Å². The number of aromatic hydroxyl groups is 1. The fourth-order valence-corrected chi connectivity index (χ4v) is 3.18. The van der Waals surface area contributed by atoms with Crippen LogP contribution in [0.15, 0.2) is 18.2 Å². The summed E-state index contributed by atoms with van der Waals surface area (Å²) in [5.74, 6) is 4.95. The Balaban J connectivity index is 2.38. The van der Waals surface area contributed by atoms with Crippen LogP contribution in [0.4, 0.5) is 4.79 Å². The summed E-state index contributed by atoms with van der Waals surface area (Å²) in [7, 11) is 0. The molecule has 0 radical (unpaired) electrons. The van der Waals surface area contributed by atoms with Crippen molar-refractivity contribution in [3.63, 3.8) is 0 Å². The number of unbranched alkanes of at least 4 members (excludes halogenated alkanes) is 10. The summed E-state index contributed by atoms with van der Waals surface area (Å²) in [6.07, 6.45) is 12.4. The summed E-state index contributed by atoms with van der Waals surface area (Å²) < 4.78 is 10.7. The maximum Gasteiger partial charge on any atom is 0.431 e. The summed E-state index contributed by atoms with van der Waals surface area (Å²) in [6.45, 7) is 5.10. The molecular weight excluding hydrogens is 396 g/mol. The second-order valence-electron chi connectivity index (χ2n) is 7.85. The number of hydrogen-bond acceptors (Lipinski definition) is 6. The van der Waals surface area contributed by atoms with Gasteiger partial charge in [-0.3, -0.25) is 4.79 Å². The molecule has 1 rings (SSSR count). The maximum atomic E-state index is 12.4. The topological polar surface area (TPSA) is 102 Å². The third-order valence-corrected chi connectivity index (χ3v) is 5.11. The van der Waals surface area contributed by atoms with Gasteiger partial charge in [0.2, 0.25) is 0 Å². The van der Waals surface area contributed by atoms with E-state index >= 15 is 0 Å². The maximum absolute atomic E-state index is 12.4. The molecule has 0 fully saturated rings. The highest BCUT2D eigenvalue weighted by Crippen LogP contribution is 2.25. The van der Waals surface area contributed by atoms with Crippen LogP contribution in [0.2, 0.25) is 0 Å². The number of benzene rings is 1. The van der Waals surface area contributed by atoms with Gasteiger partial charge in [0.15, 0.2) is 0 Å². The van der Waals surface area contributed by atoms with Crippen LogP contribution < -0.4 is 10.6 Å². The lowest BCUT2D eigenvalue weighted by Gasteiger charge is -2.16. The number of hydrazine groups is 1. The highest BCUT2D eigenvalue weighted by Gasteiger charge is 2.23. The Morgan fingerprint density at radius 3 is 2.00 bits per heavy atom. The lowest BCUT2D eigenvalue weighted by atomic mass is 10.1. The first kappa shape index (κ1) is 26.8. The van der Waals surface area contributed by atoms with Gasteiger partial charge in [0.25, 0.3) is 5.91 Å². The van der Waals surface area contributed by atoms with Gasteiger partial charge in [-0.05, 0) is 25.0 Å². The number of amides is 2. The highest BCUT2D eigenvalue weighted by molar-refractivity contribution is 6.04. The van der Waals surface area contributed by atoms with Crippen LogP contribution in [0.25, 0.3) is 0 Å². The fraction of sp³-hybridized carbons (Fsp3) is 0.667. The van der Waals surface area contributed by atoms with Crippen molar-refractivity contribution in [2.75, 3.05) is 13.2 Å². The summed E-state index contributed by atoms with van der Waals surface area (Å²) >= 11 is 0. The third kappa shape index (κ3) is 11.1. The minimum atomic E-state index is -0.929. The average molecular weight is 437 g/mol. The largest absolute Gasteiger partial charge is 0.507 e. The Bertz CT molecular complexity index is 651. The number of phenols is 1. The van der Waals surface area contributed by atoms with Crippen LogP contribution in [0.5, 0.6) is 11.5 Å². The molecule has 31 heavy (non-hydrogen) atoms. The van der Waals surface area contributed by atoms with Crippen LogP contribution in [0, 0.1) is 0 Å².